The fourth-order valence-corrected chi connectivity index (χ4v) is 9.31. The Morgan fingerprint density at radius 1 is 0.281 bits per heavy atom. The van der Waals surface area contributed by atoms with Gasteiger partial charge in [-0.15, -0.1) is 11.3 Å². The highest BCUT2D eigenvalue weighted by Gasteiger charge is 2.15. The van der Waals surface area contributed by atoms with Crippen LogP contribution in [0.25, 0.3) is 86.6 Å². The molecule has 2 aromatic heterocycles. The third kappa shape index (κ3) is 6.06. The maximum Gasteiger partial charge on any atom is 0.136 e. The maximum absolute atomic E-state index is 6.21. The molecule has 0 aliphatic rings. The zero-order chi connectivity index (χ0) is 37.7. The molecular weight excluding hydrogens is 711 g/mol. The second kappa shape index (κ2) is 13.8. The Morgan fingerprint density at radius 3 is 1.49 bits per heavy atom. The van der Waals surface area contributed by atoms with Gasteiger partial charge in [0.15, 0.2) is 0 Å². The van der Waals surface area contributed by atoms with Gasteiger partial charge in [-0.2, -0.15) is 0 Å². The molecule has 0 radical (unpaired) electrons. The van der Waals surface area contributed by atoms with Crippen LogP contribution in [0, 0.1) is 0 Å². The van der Waals surface area contributed by atoms with Gasteiger partial charge in [-0.3, -0.25) is 0 Å². The predicted octanol–water partition coefficient (Wildman–Crippen LogP) is 16.1. The summed E-state index contributed by atoms with van der Waals surface area (Å²) in [4.78, 5) is 2.33. The Labute approximate surface area is 335 Å². The van der Waals surface area contributed by atoms with E-state index in [1.807, 2.05) is 23.5 Å². The Hall–Kier alpha value is -7.20. The second-order valence-electron chi connectivity index (χ2n) is 14.5. The van der Waals surface area contributed by atoms with Crippen molar-refractivity contribution in [3.05, 3.63) is 212 Å². The molecular formula is C54H35NOS. The van der Waals surface area contributed by atoms with Crippen LogP contribution in [0.2, 0.25) is 0 Å². The van der Waals surface area contributed by atoms with E-state index in [4.69, 9.17) is 4.42 Å². The highest BCUT2D eigenvalue weighted by molar-refractivity contribution is 7.25. The van der Waals surface area contributed by atoms with E-state index in [1.54, 1.807) is 0 Å². The summed E-state index contributed by atoms with van der Waals surface area (Å²) in [7, 11) is 0. The second-order valence-corrected chi connectivity index (χ2v) is 15.6. The van der Waals surface area contributed by atoms with E-state index in [-0.39, 0.29) is 0 Å². The molecule has 0 amide bonds. The van der Waals surface area contributed by atoms with Crippen LogP contribution in [0.4, 0.5) is 17.1 Å². The van der Waals surface area contributed by atoms with Gasteiger partial charge in [-0.25, -0.2) is 0 Å². The Balaban J connectivity index is 0.889. The number of thiophene rings is 1. The average molecular weight is 746 g/mol. The molecule has 0 atom stereocenters. The van der Waals surface area contributed by atoms with Gasteiger partial charge in [0.25, 0.3) is 0 Å². The first kappa shape index (κ1) is 33.2. The van der Waals surface area contributed by atoms with Crippen molar-refractivity contribution >= 4 is 70.5 Å². The molecule has 0 spiro atoms. The molecule has 0 aliphatic heterocycles. The van der Waals surface area contributed by atoms with Crippen LogP contribution in [0.5, 0.6) is 0 Å². The summed E-state index contributed by atoms with van der Waals surface area (Å²) in [6.07, 6.45) is 0. The van der Waals surface area contributed by atoms with Crippen molar-refractivity contribution < 1.29 is 4.42 Å². The summed E-state index contributed by atoms with van der Waals surface area (Å²) in [5, 5.41) is 4.88. The first-order chi connectivity index (χ1) is 28.2. The lowest BCUT2D eigenvalue weighted by molar-refractivity contribution is 0.669. The number of hydrogen-bond acceptors (Lipinski definition) is 3. The third-order valence-electron chi connectivity index (χ3n) is 11.1. The number of fused-ring (bicyclic) bond motifs is 6. The van der Waals surface area contributed by atoms with Crippen LogP contribution in [-0.2, 0) is 0 Å². The van der Waals surface area contributed by atoms with Crippen molar-refractivity contribution in [1.29, 1.82) is 0 Å². The normalized spacial score (nSPS) is 11.5. The van der Waals surface area contributed by atoms with Crippen molar-refractivity contribution in [2.24, 2.45) is 0 Å². The van der Waals surface area contributed by atoms with E-state index >= 15 is 0 Å². The van der Waals surface area contributed by atoms with Crippen molar-refractivity contribution in [3.8, 4) is 44.5 Å². The zero-order valence-corrected chi connectivity index (χ0v) is 31.8. The number of benzene rings is 9. The standard InChI is InChI=1S/C54H35NOS/c1-3-10-36(11-4-1)39-12-9-13-40(32-39)37-18-25-45(26-19-37)55(44-14-5-2-6-15-44)46-27-20-38(21-28-46)43-23-30-49-50-33-41(24-31-53(50)57-54(49)35-43)42-22-29-48-47-16-7-8-17-51(47)56-52(48)34-42/h1-35H. The number of rotatable bonds is 7. The van der Waals surface area contributed by atoms with E-state index in [2.05, 4.69) is 205 Å². The van der Waals surface area contributed by atoms with Crippen molar-refractivity contribution in [1.82, 2.24) is 0 Å². The van der Waals surface area contributed by atoms with Crippen LogP contribution in [0.15, 0.2) is 217 Å². The minimum Gasteiger partial charge on any atom is -0.456 e. The van der Waals surface area contributed by atoms with Crippen LogP contribution in [0.1, 0.15) is 0 Å². The van der Waals surface area contributed by atoms with Crippen molar-refractivity contribution in [2.75, 3.05) is 4.90 Å². The quantitative estimate of drug-likeness (QED) is 0.162. The summed E-state index contributed by atoms with van der Waals surface area (Å²) in [5.74, 6) is 0. The van der Waals surface area contributed by atoms with Gasteiger partial charge in [0.05, 0.1) is 0 Å². The molecule has 9 aromatic carbocycles. The lowest BCUT2D eigenvalue weighted by atomic mass is 9.99. The van der Waals surface area contributed by atoms with Crippen LogP contribution in [-0.4, -0.2) is 0 Å². The molecule has 3 heteroatoms. The highest BCUT2D eigenvalue weighted by Crippen LogP contribution is 2.41. The van der Waals surface area contributed by atoms with E-state index in [0.29, 0.717) is 0 Å². The fraction of sp³-hybridized carbons (Fsp3) is 0. The molecule has 0 unspecified atom stereocenters. The number of para-hydroxylation sites is 2. The molecule has 0 fully saturated rings. The first-order valence-corrected chi connectivity index (χ1v) is 20.1. The summed E-state index contributed by atoms with van der Waals surface area (Å²) in [6, 6.07) is 76.4. The monoisotopic (exact) mass is 745 g/mol. The molecule has 0 saturated heterocycles. The molecule has 2 nitrogen and oxygen atoms in total. The molecule has 11 aromatic rings. The average Bonchev–Trinajstić information content (AvgIpc) is 3.85. The zero-order valence-electron chi connectivity index (χ0n) is 31.0. The number of hydrogen-bond donors (Lipinski definition) is 0. The fourth-order valence-electron chi connectivity index (χ4n) is 8.18. The van der Waals surface area contributed by atoms with Crippen molar-refractivity contribution in [3.63, 3.8) is 0 Å². The van der Waals surface area contributed by atoms with Gasteiger partial charge in [0.1, 0.15) is 11.2 Å². The third-order valence-corrected chi connectivity index (χ3v) is 12.2. The molecule has 0 saturated carbocycles. The van der Waals surface area contributed by atoms with Crippen LogP contribution >= 0.6 is 11.3 Å². The van der Waals surface area contributed by atoms with Gasteiger partial charge >= 0.3 is 0 Å². The molecule has 0 bridgehead atoms. The Morgan fingerprint density at radius 2 is 0.772 bits per heavy atom. The number of nitrogens with zero attached hydrogens (tertiary/aromatic N) is 1. The van der Waals surface area contributed by atoms with Gasteiger partial charge in [0, 0.05) is 48.0 Å². The SMILES string of the molecule is c1ccc(-c2cccc(-c3ccc(N(c4ccccc4)c4ccc(-c5ccc6c(c5)sc5ccc(-c7ccc8c(c7)oc7ccccc78)cc56)cc4)cc3)c2)cc1. The van der Waals surface area contributed by atoms with Gasteiger partial charge in [-0.1, -0.05) is 133 Å². The van der Waals surface area contributed by atoms with Crippen LogP contribution in [0.3, 0.4) is 0 Å². The minimum atomic E-state index is 0.922. The lowest BCUT2D eigenvalue weighted by Crippen LogP contribution is -2.09. The van der Waals surface area contributed by atoms with E-state index in [9.17, 15) is 0 Å². The summed E-state index contributed by atoms with van der Waals surface area (Å²) in [6.45, 7) is 0. The maximum atomic E-state index is 6.21. The Kier molecular flexibility index (Phi) is 8.04. The van der Waals surface area contributed by atoms with E-state index in [1.165, 1.54) is 59.1 Å². The molecule has 11 rings (SSSR count). The Bertz CT molecular complexity index is 3210. The van der Waals surface area contributed by atoms with E-state index in [0.717, 1.165) is 44.6 Å². The minimum absolute atomic E-state index is 0.922. The highest BCUT2D eigenvalue weighted by atomic mass is 32.1. The summed E-state index contributed by atoms with van der Waals surface area (Å²) in [5.41, 5.74) is 14.8. The van der Waals surface area contributed by atoms with Gasteiger partial charge < -0.3 is 9.32 Å². The first-order valence-electron chi connectivity index (χ1n) is 19.3. The number of furan rings is 1. The number of anilines is 3. The topological polar surface area (TPSA) is 16.4 Å². The molecule has 57 heavy (non-hydrogen) atoms. The summed E-state index contributed by atoms with van der Waals surface area (Å²) >= 11 is 1.85. The molecule has 2 heterocycles. The largest absolute Gasteiger partial charge is 0.456 e. The van der Waals surface area contributed by atoms with E-state index < -0.39 is 0 Å². The van der Waals surface area contributed by atoms with Crippen molar-refractivity contribution in [2.45, 2.75) is 0 Å². The summed E-state index contributed by atoms with van der Waals surface area (Å²) < 4.78 is 8.79. The molecule has 0 aliphatic carbocycles. The van der Waals surface area contributed by atoms with Gasteiger partial charge in [0.2, 0.25) is 0 Å². The molecule has 268 valence electrons. The lowest BCUT2D eigenvalue weighted by Gasteiger charge is -2.26. The van der Waals surface area contributed by atoms with Gasteiger partial charge in [-0.05, 0) is 123 Å². The smallest absolute Gasteiger partial charge is 0.136 e. The van der Waals surface area contributed by atoms with Crippen LogP contribution < -0.4 is 4.90 Å². The predicted molar refractivity (Wildman–Crippen MR) is 243 cm³/mol. The molecule has 0 N–H and O–H groups in total.